The van der Waals surface area contributed by atoms with Crippen LogP contribution in [0.25, 0.3) is 6.08 Å². The van der Waals surface area contributed by atoms with Crippen LogP contribution in [0.3, 0.4) is 0 Å². The van der Waals surface area contributed by atoms with Gasteiger partial charge in [0.25, 0.3) is 5.56 Å². The van der Waals surface area contributed by atoms with Crippen LogP contribution in [-0.4, -0.2) is 36.3 Å². The van der Waals surface area contributed by atoms with Gasteiger partial charge in [0.2, 0.25) is 0 Å². The van der Waals surface area contributed by atoms with Crippen molar-refractivity contribution in [3.8, 4) is 11.5 Å². The van der Waals surface area contributed by atoms with Crippen molar-refractivity contribution in [1.82, 2.24) is 4.57 Å². The molecule has 0 saturated heterocycles. The van der Waals surface area contributed by atoms with Gasteiger partial charge in [-0.15, -0.1) is 0 Å². The fourth-order valence-electron chi connectivity index (χ4n) is 3.79. The summed E-state index contributed by atoms with van der Waals surface area (Å²) in [7, 11) is 2.99. The standard InChI is InChI=1S/C23H21N3O8S/c1-5-33-22(28)19-12(2)24-23-25(20(19)15-10-13(31-3)6-8-16(15)32-4)21(27)17(35-23)11-14-7-9-18(34-14)26(29)30/h6-11,20H,5H2,1-4H3/b17-11+/t20-/m0/s1. The molecule has 2 aromatic heterocycles. The first-order valence-corrected chi connectivity index (χ1v) is 11.3. The van der Waals surface area contributed by atoms with E-state index < -0.39 is 28.4 Å². The molecule has 12 heteroatoms. The maximum Gasteiger partial charge on any atom is 0.433 e. The molecule has 0 unspecified atom stereocenters. The van der Waals surface area contributed by atoms with Crippen molar-refractivity contribution in [1.29, 1.82) is 0 Å². The molecule has 3 heterocycles. The summed E-state index contributed by atoms with van der Waals surface area (Å²) in [6.45, 7) is 3.49. The third-order valence-corrected chi connectivity index (χ3v) is 6.30. The van der Waals surface area contributed by atoms with Gasteiger partial charge in [-0.05, 0) is 38.1 Å². The second-order valence-electron chi connectivity index (χ2n) is 7.34. The van der Waals surface area contributed by atoms with Crippen molar-refractivity contribution in [2.24, 2.45) is 4.99 Å². The van der Waals surface area contributed by atoms with Crippen LogP contribution in [-0.2, 0) is 9.53 Å². The van der Waals surface area contributed by atoms with Crippen LogP contribution in [0.2, 0.25) is 0 Å². The number of rotatable bonds is 7. The predicted octanol–water partition coefficient (Wildman–Crippen LogP) is 2.32. The number of thiazole rings is 1. The second kappa shape index (κ2) is 9.58. The number of nitro groups is 1. The zero-order valence-electron chi connectivity index (χ0n) is 19.3. The zero-order valence-corrected chi connectivity index (χ0v) is 20.1. The van der Waals surface area contributed by atoms with Gasteiger partial charge in [0.1, 0.15) is 28.2 Å². The number of aromatic nitrogens is 1. The Kier molecular flexibility index (Phi) is 6.56. The Morgan fingerprint density at radius 3 is 2.69 bits per heavy atom. The van der Waals surface area contributed by atoms with Gasteiger partial charge in [-0.3, -0.25) is 19.5 Å². The number of furan rings is 1. The fourth-order valence-corrected chi connectivity index (χ4v) is 4.81. The molecule has 0 radical (unpaired) electrons. The molecule has 1 atom stereocenters. The molecule has 0 amide bonds. The van der Waals surface area contributed by atoms with Gasteiger partial charge in [-0.2, -0.15) is 0 Å². The second-order valence-corrected chi connectivity index (χ2v) is 8.35. The lowest BCUT2D eigenvalue weighted by atomic mass is 9.95. The number of fused-ring (bicyclic) bond motifs is 1. The minimum Gasteiger partial charge on any atom is -0.497 e. The monoisotopic (exact) mass is 499 g/mol. The van der Waals surface area contributed by atoms with Crippen LogP contribution in [0, 0.1) is 10.1 Å². The third kappa shape index (κ3) is 4.35. The van der Waals surface area contributed by atoms with Crippen LogP contribution in [0.1, 0.15) is 31.2 Å². The Bertz CT molecular complexity index is 1530. The summed E-state index contributed by atoms with van der Waals surface area (Å²) in [5.41, 5.74) is 0.619. The molecule has 0 N–H and O–H groups in total. The van der Waals surface area contributed by atoms with Crippen LogP contribution in [0.4, 0.5) is 5.88 Å². The largest absolute Gasteiger partial charge is 0.497 e. The number of benzene rings is 1. The van der Waals surface area contributed by atoms with Crippen molar-refractivity contribution >= 4 is 29.3 Å². The number of hydrogen-bond acceptors (Lipinski definition) is 10. The highest BCUT2D eigenvalue weighted by Gasteiger charge is 2.35. The van der Waals surface area contributed by atoms with Gasteiger partial charge < -0.3 is 18.6 Å². The van der Waals surface area contributed by atoms with E-state index in [0.29, 0.717) is 27.6 Å². The van der Waals surface area contributed by atoms with Crippen molar-refractivity contribution in [2.45, 2.75) is 19.9 Å². The lowest BCUT2D eigenvalue weighted by Gasteiger charge is -2.26. The Hall–Kier alpha value is -4.19. The summed E-state index contributed by atoms with van der Waals surface area (Å²) in [6, 6.07) is 6.77. The summed E-state index contributed by atoms with van der Waals surface area (Å²) >= 11 is 1.07. The van der Waals surface area contributed by atoms with Crippen LogP contribution in [0.5, 0.6) is 11.5 Å². The smallest absolute Gasteiger partial charge is 0.433 e. The van der Waals surface area contributed by atoms with Gasteiger partial charge >= 0.3 is 11.9 Å². The van der Waals surface area contributed by atoms with Gasteiger partial charge in [-0.1, -0.05) is 11.3 Å². The van der Waals surface area contributed by atoms with Crippen molar-refractivity contribution < 1.29 is 28.3 Å². The molecule has 4 rings (SSSR count). The fraction of sp³-hybridized carbons (Fsp3) is 0.261. The van der Waals surface area contributed by atoms with Gasteiger partial charge in [0.15, 0.2) is 4.80 Å². The average molecular weight is 500 g/mol. The van der Waals surface area contributed by atoms with Gasteiger partial charge in [-0.25, -0.2) is 9.79 Å². The average Bonchev–Trinajstić information content (AvgIpc) is 3.42. The van der Waals surface area contributed by atoms with E-state index in [1.54, 1.807) is 32.0 Å². The number of carbonyl (C=O) groups is 1. The summed E-state index contributed by atoms with van der Waals surface area (Å²) in [6.07, 6.45) is 1.40. The first-order chi connectivity index (χ1) is 16.8. The van der Waals surface area contributed by atoms with E-state index in [4.69, 9.17) is 18.6 Å². The Morgan fingerprint density at radius 2 is 2.06 bits per heavy atom. The Morgan fingerprint density at radius 1 is 1.29 bits per heavy atom. The number of methoxy groups -OCH3 is 2. The lowest BCUT2D eigenvalue weighted by Crippen LogP contribution is -2.40. The highest BCUT2D eigenvalue weighted by Crippen LogP contribution is 2.37. The first kappa shape index (κ1) is 24.0. The van der Waals surface area contributed by atoms with E-state index in [1.807, 2.05) is 0 Å². The molecule has 1 aliphatic heterocycles. The maximum absolute atomic E-state index is 13.6. The van der Waals surface area contributed by atoms with Crippen molar-refractivity contribution in [3.05, 3.63) is 82.7 Å². The van der Waals surface area contributed by atoms with E-state index >= 15 is 0 Å². The molecular formula is C23H21N3O8S. The number of nitrogens with zero attached hydrogens (tertiary/aromatic N) is 3. The molecule has 0 aliphatic carbocycles. The van der Waals surface area contributed by atoms with Crippen LogP contribution in [0.15, 0.2) is 55.8 Å². The summed E-state index contributed by atoms with van der Waals surface area (Å²) in [5, 5.41) is 10.9. The number of allylic oxidation sites excluding steroid dienone is 1. The molecule has 35 heavy (non-hydrogen) atoms. The first-order valence-electron chi connectivity index (χ1n) is 10.4. The highest BCUT2D eigenvalue weighted by atomic mass is 32.1. The molecule has 0 spiro atoms. The number of esters is 1. The highest BCUT2D eigenvalue weighted by molar-refractivity contribution is 7.07. The normalized spacial score (nSPS) is 15.4. The van der Waals surface area contributed by atoms with Gasteiger partial charge in [0, 0.05) is 11.6 Å². The topological polar surface area (TPSA) is 135 Å². The zero-order chi connectivity index (χ0) is 25.3. The number of hydrogen-bond donors (Lipinski definition) is 0. The molecule has 0 bridgehead atoms. The Labute approximate surface area is 202 Å². The van der Waals surface area contributed by atoms with E-state index in [2.05, 4.69) is 4.99 Å². The van der Waals surface area contributed by atoms with Crippen LogP contribution < -0.4 is 24.4 Å². The number of ether oxygens (including phenoxy) is 3. The predicted molar refractivity (Wildman–Crippen MR) is 125 cm³/mol. The van der Waals surface area contributed by atoms with Gasteiger partial charge in [0.05, 0.1) is 42.7 Å². The molecular weight excluding hydrogens is 478 g/mol. The lowest BCUT2D eigenvalue weighted by molar-refractivity contribution is -0.402. The minimum atomic E-state index is -0.913. The summed E-state index contributed by atoms with van der Waals surface area (Å²) in [5.74, 6) is 0.0223. The summed E-state index contributed by atoms with van der Waals surface area (Å²) < 4.78 is 23.0. The van der Waals surface area contributed by atoms with Crippen molar-refractivity contribution in [2.75, 3.05) is 20.8 Å². The maximum atomic E-state index is 13.6. The molecule has 1 aromatic carbocycles. The molecule has 1 aliphatic rings. The SMILES string of the molecule is CCOC(=O)C1=C(C)N=c2s/c(=C/c3ccc([N+](=O)[O-])o3)c(=O)n2[C@H]1c1cc(OC)ccc1OC. The Balaban J connectivity index is 1.99. The van der Waals surface area contributed by atoms with E-state index in [-0.39, 0.29) is 22.5 Å². The molecule has 182 valence electrons. The molecule has 0 fully saturated rings. The third-order valence-electron chi connectivity index (χ3n) is 5.31. The molecule has 0 saturated carbocycles. The van der Waals surface area contributed by atoms with Crippen LogP contribution >= 0.6 is 11.3 Å². The molecule has 3 aromatic rings. The van der Waals surface area contributed by atoms with E-state index in [1.165, 1.54) is 37.0 Å². The summed E-state index contributed by atoms with van der Waals surface area (Å²) in [4.78, 5) is 41.7. The van der Waals surface area contributed by atoms with E-state index in [0.717, 1.165) is 11.3 Å². The number of carbonyl (C=O) groups excluding carboxylic acids is 1. The minimum absolute atomic E-state index is 0.138. The van der Waals surface area contributed by atoms with Crippen molar-refractivity contribution in [3.63, 3.8) is 0 Å². The molecule has 11 nitrogen and oxygen atoms in total. The van der Waals surface area contributed by atoms with E-state index in [9.17, 15) is 19.7 Å². The quantitative estimate of drug-likeness (QED) is 0.275.